The number of aliphatic hydroxyl groups is 2. The largest absolute Gasteiger partial charge is 0.711 e. The average molecular weight is 543 g/mol. The predicted molar refractivity (Wildman–Crippen MR) is 135 cm³/mol. The molecule has 9 nitrogen and oxygen atoms in total. The van der Waals surface area contributed by atoms with Crippen molar-refractivity contribution >= 4 is 45.6 Å². The van der Waals surface area contributed by atoms with Gasteiger partial charge in [-0.2, -0.15) is 0 Å². The van der Waals surface area contributed by atoms with Crippen LogP contribution in [0.4, 0.5) is 0 Å². The summed E-state index contributed by atoms with van der Waals surface area (Å²) in [6.45, 7) is 7.37. The van der Waals surface area contributed by atoms with Crippen molar-refractivity contribution in [3.8, 4) is 5.75 Å². The highest BCUT2D eigenvalue weighted by Gasteiger charge is 2.45. The molecule has 0 radical (unpaired) electrons. The number of aryl methyl sites for hydroxylation is 1. The summed E-state index contributed by atoms with van der Waals surface area (Å²) in [5.74, 6) is 0.369. The van der Waals surface area contributed by atoms with E-state index in [2.05, 4.69) is 9.71 Å². The smallest absolute Gasteiger partial charge is 0.292 e. The maximum Gasteiger partial charge on any atom is 0.292 e. The van der Waals surface area contributed by atoms with Gasteiger partial charge in [-0.05, 0) is 50.9 Å². The Bertz CT molecular complexity index is 1230. The van der Waals surface area contributed by atoms with Gasteiger partial charge in [0.05, 0.1) is 28.0 Å². The van der Waals surface area contributed by atoms with E-state index < -0.39 is 40.5 Å². The molecular weight excluding hydrogens is 515 g/mol. The lowest BCUT2D eigenvalue weighted by Crippen LogP contribution is -2.39. The molecule has 0 unspecified atom stereocenters. The van der Waals surface area contributed by atoms with Crippen molar-refractivity contribution in [3.05, 3.63) is 57.2 Å². The van der Waals surface area contributed by atoms with Crippen LogP contribution in [-0.2, 0) is 17.9 Å². The molecule has 5 atom stereocenters. The number of benzene rings is 1. The highest BCUT2D eigenvalue weighted by Crippen LogP contribution is 2.39. The topological polar surface area (TPSA) is 130 Å². The predicted octanol–water partition coefficient (Wildman–Crippen LogP) is 2.95. The number of ether oxygens (including phenoxy) is 1. The highest BCUT2D eigenvalue weighted by atomic mass is 35.5. The summed E-state index contributed by atoms with van der Waals surface area (Å²) in [5.41, 5.74) is 1.54. The average Bonchev–Trinajstić information content (AvgIpc) is 3.34. The Kier molecular flexibility index (Phi) is 7.46. The summed E-state index contributed by atoms with van der Waals surface area (Å²) in [6.07, 6.45) is 0.118. The third-order valence-corrected chi connectivity index (χ3v) is 8.58. The van der Waals surface area contributed by atoms with Gasteiger partial charge < -0.3 is 29.3 Å². The molecule has 1 aromatic carbocycles. The molecule has 0 saturated heterocycles. The Morgan fingerprint density at radius 1 is 1.26 bits per heavy atom. The van der Waals surface area contributed by atoms with Crippen LogP contribution in [0.5, 0.6) is 5.75 Å². The number of nitrogens with one attached hydrogen (secondary N) is 1. The zero-order valence-electron chi connectivity index (χ0n) is 19.7. The first-order chi connectivity index (χ1) is 16.4. The quantitative estimate of drug-likeness (QED) is 0.248. The molecule has 0 amide bonds. The normalized spacial score (nSPS) is 23.7. The van der Waals surface area contributed by atoms with Gasteiger partial charge in [0.1, 0.15) is 34.5 Å². The number of hydrogen-bond donors (Lipinski definition) is 3. The maximum atomic E-state index is 12.5. The molecule has 1 aliphatic rings. The van der Waals surface area contributed by atoms with Gasteiger partial charge in [-0.1, -0.05) is 23.2 Å². The van der Waals surface area contributed by atoms with Crippen molar-refractivity contribution in [3.63, 3.8) is 0 Å². The molecule has 190 valence electrons. The van der Waals surface area contributed by atoms with Crippen molar-refractivity contribution in [1.82, 2.24) is 14.3 Å². The molecule has 3 N–H and O–H groups in total. The van der Waals surface area contributed by atoms with Crippen LogP contribution in [0.25, 0.3) is 11.0 Å². The minimum Gasteiger partial charge on any atom is -0.711 e. The van der Waals surface area contributed by atoms with E-state index in [1.54, 1.807) is 35.9 Å². The minimum absolute atomic E-state index is 0.133. The number of aliphatic hydroxyl groups excluding tert-OH is 2. The van der Waals surface area contributed by atoms with Gasteiger partial charge in [0.2, 0.25) is 0 Å². The van der Waals surface area contributed by atoms with Crippen molar-refractivity contribution < 1.29 is 24.2 Å². The molecule has 1 aliphatic carbocycles. The molecule has 2 heterocycles. The van der Waals surface area contributed by atoms with E-state index in [0.717, 1.165) is 0 Å². The van der Waals surface area contributed by atoms with Crippen LogP contribution in [0.15, 0.2) is 30.7 Å². The molecule has 2 aromatic heterocycles. The molecule has 12 heteroatoms. The van der Waals surface area contributed by atoms with Crippen molar-refractivity contribution in [2.45, 2.75) is 69.8 Å². The molecule has 0 spiro atoms. The van der Waals surface area contributed by atoms with Crippen molar-refractivity contribution in [2.24, 2.45) is 0 Å². The van der Waals surface area contributed by atoms with Crippen LogP contribution in [0.1, 0.15) is 44.5 Å². The first kappa shape index (κ1) is 26.3. The van der Waals surface area contributed by atoms with Crippen LogP contribution in [-0.4, -0.2) is 47.4 Å². The van der Waals surface area contributed by atoms with Crippen LogP contribution >= 0.6 is 23.2 Å². The monoisotopic (exact) mass is 542 g/mol. The fourth-order valence-corrected chi connectivity index (χ4v) is 5.27. The van der Waals surface area contributed by atoms with E-state index in [1.165, 1.54) is 6.33 Å². The number of nitrogens with zero attached hydrogens (tertiary/aromatic N) is 3. The number of aromatic nitrogens is 3. The Labute approximate surface area is 216 Å². The first-order valence-electron chi connectivity index (χ1n) is 11.1. The molecule has 0 bridgehead atoms. The second-order valence-corrected chi connectivity index (χ2v) is 12.4. The number of fused-ring (bicyclic) bond motifs is 1. The van der Waals surface area contributed by atoms with E-state index in [1.807, 2.05) is 20.8 Å². The Morgan fingerprint density at radius 3 is 2.66 bits per heavy atom. The van der Waals surface area contributed by atoms with Gasteiger partial charge in [-0.25, -0.2) is 4.73 Å². The third kappa shape index (κ3) is 5.06. The van der Waals surface area contributed by atoms with E-state index >= 15 is 0 Å². The Hall–Kier alpha value is -1.79. The summed E-state index contributed by atoms with van der Waals surface area (Å²) in [6, 6.07) is 4.46. The molecular formula is C23H28Cl2N4O5S. The second kappa shape index (κ2) is 9.93. The fraction of sp³-hybridized carbons (Fsp3) is 0.478. The van der Waals surface area contributed by atoms with Crippen LogP contribution in [0.2, 0.25) is 10.0 Å². The molecule has 4 rings (SSSR count). The standard InChI is InChI=1S/C23H28Cl2N4O5S/c1-12-13-7-8-28(22(13)26-11-29(12)32)16-9-18(21(31)20(16)30)34-17-6-5-15(24)19(25)14(17)10-27-35(33)23(2,3)4/h5-8,11,16,18,20-21,27,30-31H,9-10H2,1-4H3/t16-,18+,20+,21-,35-/m1/s1. The molecule has 1 saturated carbocycles. The van der Waals surface area contributed by atoms with Crippen molar-refractivity contribution in [2.75, 3.05) is 0 Å². The number of hydrogen-bond acceptors (Lipinski definition) is 7. The SMILES string of the molecule is Cc1c2ccn([C@@H]3C[C@H](Oc4ccc(Cl)c(Cl)c4CN[S@+]([O-])C(C)(C)C)[C@@H](O)[C@H]3O)c2nc[n+]1[O-]. The van der Waals surface area contributed by atoms with Crippen LogP contribution < -0.4 is 14.2 Å². The second-order valence-electron chi connectivity index (χ2n) is 9.60. The lowest BCUT2D eigenvalue weighted by Gasteiger charge is -2.25. The summed E-state index contributed by atoms with van der Waals surface area (Å²) in [7, 11) is 0. The first-order valence-corrected chi connectivity index (χ1v) is 13.0. The number of rotatable bonds is 6. The fourth-order valence-electron chi connectivity index (χ4n) is 4.17. The van der Waals surface area contributed by atoms with Crippen LogP contribution in [0, 0.1) is 12.1 Å². The molecule has 3 aromatic rings. The summed E-state index contributed by atoms with van der Waals surface area (Å²) < 4.78 is 23.5. The molecule has 1 fully saturated rings. The van der Waals surface area contributed by atoms with Gasteiger partial charge in [0.15, 0.2) is 0 Å². The Morgan fingerprint density at radius 2 is 1.97 bits per heavy atom. The van der Waals surface area contributed by atoms with Gasteiger partial charge in [0, 0.05) is 29.5 Å². The lowest BCUT2D eigenvalue weighted by atomic mass is 10.2. The van der Waals surface area contributed by atoms with Gasteiger partial charge >= 0.3 is 0 Å². The van der Waals surface area contributed by atoms with E-state index in [9.17, 15) is 20.0 Å². The van der Waals surface area contributed by atoms with E-state index in [4.69, 9.17) is 27.9 Å². The molecule has 0 aliphatic heterocycles. The molecule has 35 heavy (non-hydrogen) atoms. The summed E-state index contributed by atoms with van der Waals surface area (Å²) >= 11 is 11.3. The van der Waals surface area contributed by atoms with E-state index in [-0.39, 0.29) is 18.0 Å². The van der Waals surface area contributed by atoms with Crippen LogP contribution in [0.3, 0.4) is 0 Å². The lowest BCUT2D eigenvalue weighted by molar-refractivity contribution is -0.613. The zero-order chi connectivity index (χ0) is 25.7. The van der Waals surface area contributed by atoms with E-state index in [0.29, 0.717) is 37.8 Å². The Balaban J connectivity index is 1.59. The van der Waals surface area contributed by atoms with Gasteiger partial charge in [-0.15, -0.1) is 4.72 Å². The maximum absolute atomic E-state index is 12.5. The third-order valence-electron chi connectivity index (χ3n) is 6.22. The minimum atomic E-state index is -1.35. The van der Waals surface area contributed by atoms with Crippen molar-refractivity contribution in [1.29, 1.82) is 0 Å². The zero-order valence-corrected chi connectivity index (χ0v) is 22.1. The number of halogens is 2. The summed E-state index contributed by atoms with van der Waals surface area (Å²) in [4.78, 5) is 4.22. The summed E-state index contributed by atoms with van der Waals surface area (Å²) in [5, 5.41) is 34.8. The highest BCUT2D eigenvalue weighted by molar-refractivity contribution is 7.90. The van der Waals surface area contributed by atoms with Gasteiger partial charge in [0.25, 0.3) is 12.0 Å². The van der Waals surface area contributed by atoms with Gasteiger partial charge in [-0.3, -0.25) is 0 Å².